The maximum Gasteiger partial charge on any atom is 0.263 e. The maximum absolute atomic E-state index is 13.6. The molecule has 2 N–H and O–H groups in total. The highest BCUT2D eigenvalue weighted by Gasteiger charge is 2.19. The molecule has 0 bridgehead atoms. The maximum atomic E-state index is 13.6. The van der Waals surface area contributed by atoms with Crippen molar-refractivity contribution in [3.05, 3.63) is 57.3 Å². The zero-order chi connectivity index (χ0) is 15.6. The molecule has 2 aromatic carbocycles. The van der Waals surface area contributed by atoms with Crippen LogP contribution in [0.25, 0.3) is 0 Å². The molecule has 0 saturated carbocycles. The van der Waals surface area contributed by atoms with Crippen LogP contribution in [0.15, 0.2) is 45.8 Å². The Balaban J connectivity index is 2.41. The van der Waals surface area contributed by atoms with Gasteiger partial charge < -0.3 is 5.11 Å². The van der Waals surface area contributed by atoms with Crippen LogP contribution in [-0.2, 0) is 16.6 Å². The second-order valence-corrected chi connectivity index (χ2v) is 7.09. The molecular formula is C13H10BrClFNO3S. The number of benzene rings is 2. The quantitative estimate of drug-likeness (QED) is 0.833. The van der Waals surface area contributed by atoms with E-state index in [0.717, 1.165) is 6.07 Å². The third kappa shape index (κ3) is 3.74. The third-order valence-corrected chi connectivity index (χ3v) is 5.22. The van der Waals surface area contributed by atoms with E-state index in [4.69, 9.17) is 16.7 Å². The number of sulfonamides is 1. The summed E-state index contributed by atoms with van der Waals surface area (Å²) in [5, 5.41) is 9.22. The summed E-state index contributed by atoms with van der Waals surface area (Å²) in [6.07, 6.45) is 0. The van der Waals surface area contributed by atoms with E-state index < -0.39 is 15.8 Å². The van der Waals surface area contributed by atoms with E-state index in [0.29, 0.717) is 5.56 Å². The highest BCUT2D eigenvalue weighted by molar-refractivity contribution is 9.10. The first-order chi connectivity index (χ1) is 9.83. The molecule has 0 unspecified atom stereocenters. The Kier molecular flexibility index (Phi) is 4.88. The Morgan fingerprint density at radius 1 is 1.24 bits per heavy atom. The van der Waals surface area contributed by atoms with Crippen LogP contribution in [0.4, 0.5) is 10.1 Å². The molecule has 4 nitrogen and oxygen atoms in total. The molecule has 0 saturated heterocycles. The molecule has 2 rings (SSSR count). The number of hydrogen-bond donors (Lipinski definition) is 2. The van der Waals surface area contributed by atoms with E-state index in [-0.39, 0.29) is 26.7 Å². The minimum absolute atomic E-state index is 0.0703. The van der Waals surface area contributed by atoms with Crippen LogP contribution >= 0.6 is 27.5 Å². The highest BCUT2D eigenvalue weighted by Crippen LogP contribution is 2.27. The van der Waals surface area contributed by atoms with Crippen LogP contribution in [0.1, 0.15) is 5.56 Å². The van der Waals surface area contributed by atoms with Gasteiger partial charge in [-0.25, -0.2) is 12.8 Å². The van der Waals surface area contributed by atoms with Crippen LogP contribution in [0, 0.1) is 5.82 Å². The Bertz CT molecular complexity index is 783. The monoisotopic (exact) mass is 393 g/mol. The summed E-state index contributed by atoms with van der Waals surface area (Å²) < 4.78 is 40.6. The van der Waals surface area contributed by atoms with Gasteiger partial charge in [0.15, 0.2) is 0 Å². The van der Waals surface area contributed by atoms with Gasteiger partial charge in [-0.3, -0.25) is 4.72 Å². The third-order valence-electron chi connectivity index (χ3n) is 2.64. The fourth-order valence-corrected chi connectivity index (χ4v) is 3.99. The molecule has 0 amide bonds. The molecule has 0 heterocycles. The van der Waals surface area contributed by atoms with E-state index in [1.807, 2.05) is 0 Å². The van der Waals surface area contributed by atoms with Gasteiger partial charge >= 0.3 is 0 Å². The standard InChI is InChI=1S/C13H10BrClFNO3S/c14-10-5-8(7-18)1-4-13(10)21(19,20)17-12-6-9(15)2-3-11(12)16/h1-6,17-18H,7H2. The average molecular weight is 395 g/mol. The molecule has 0 fully saturated rings. The van der Waals surface area contributed by atoms with Crippen LogP contribution < -0.4 is 4.72 Å². The van der Waals surface area contributed by atoms with Crippen LogP contribution in [0.3, 0.4) is 0 Å². The van der Waals surface area contributed by atoms with E-state index in [2.05, 4.69) is 20.7 Å². The lowest BCUT2D eigenvalue weighted by atomic mass is 10.2. The van der Waals surface area contributed by atoms with Crippen molar-refractivity contribution in [2.75, 3.05) is 4.72 Å². The Labute approximate surface area is 134 Å². The number of nitrogens with one attached hydrogen (secondary N) is 1. The van der Waals surface area contributed by atoms with Crippen molar-refractivity contribution >= 4 is 43.2 Å². The minimum Gasteiger partial charge on any atom is -0.392 e. The lowest BCUT2D eigenvalue weighted by Gasteiger charge is -2.11. The average Bonchev–Trinajstić information content (AvgIpc) is 2.42. The number of aliphatic hydroxyl groups excluding tert-OH is 1. The fraction of sp³-hybridized carbons (Fsp3) is 0.0769. The highest BCUT2D eigenvalue weighted by atomic mass is 79.9. The van der Waals surface area contributed by atoms with Crippen molar-refractivity contribution in [3.63, 3.8) is 0 Å². The van der Waals surface area contributed by atoms with Gasteiger partial charge in [-0.05, 0) is 51.8 Å². The lowest BCUT2D eigenvalue weighted by molar-refractivity contribution is 0.281. The van der Waals surface area contributed by atoms with E-state index in [1.54, 1.807) is 0 Å². The van der Waals surface area contributed by atoms with Crippen LogP contribution in [-0.4, -0.2) is 13.5 Å². The summed E-state index contributed by atoms with van der Waals surface area (Å²) in [4.78, 5) is -0.0703. The number of anilines is 1. The lowest BCUT2D eigenvalue weighted by Crippen LogP contribution is -2.14. The van der Waals surface area contributed by atoms with E-state index in [1.165, 1.54) is 30.3 Å². The Morgan fingerprint density at radius 2 is 1.95 bits per heavy atom. The summed E-state index contributed by atoms with van der Waals surface area (Å²) in [6, 6.07) is 7.84. The van der Waals surface area contributed by atoms with Crippen molar-refractivity contribution in [3.8, 4) is 0 Å². The molecule has 0 aromatic heterocycles. The minimum atomic E-state index is -3.99. The summed E-state index contributed by atoms with van der Waals surface area (Å²) in [6.45, 7) is -0.213. The van der Waals surface area contributed by atoms with Gasteiger partial charge in [0.2, 0.25) is 0 Å². The van der Waals surface area contributed by atoms with Gasteiger partial charge in [-0.2, -0.15) is 0 Å². The smallest absolute Gasteiger partial charge is 0.263 e. The molecule has 0 spiro atoms. The predicted molar refractivity (Wildman–Crippen MR) is 82.3 cm³/mol. The van der Waals surface area contributed by atoms with Crippen molar-refractivity contribution in [2.24, 2.45) is 0 Å². The fourth-order valence-electron chi connectivity index (χ4n) is 1.64. The van der Waals surface area contributed by atoms with Gasteiger partial charge in [-0.1, -0.05) is 17.7 Å². The molecule has 0 radical (unpaired) electrons. The number of aliphatic hydroxyl groups is 1. The Hall–Kier alpha value is -1.15. The molecule has 0 aliphatic heterocycles. The summed E-state index contributed by atoms with van der Waals surface area (Å²) in [5.41, 5.74) is 0.315. The summed E-state index contributed by atoms with van der Waals surface area (Å²) >= 11 is 8.84. The molecule has 0 atom stereocenters. The van der Waals surface area contributed by atoms with E-state index in [9.17, 15) is 12.8 Å². The Morgan fingerprint density at radius 3 is 2.57 bits per heavy atom. The SMILES string of the molecule is O=S(=O)(Nc1cc(Cl)ccc1F)c1ccc(CO)cc1Br. The summed E-state index contributed by atoms with van der Waals surface area (Å²) in [7, 11) is -3.99. The van der Waals surface area contributed by atoms with Crippen molar-refractivity contribution in [2.45, 2.75) is 11.5 Å². The first-order valence-corrected chi connectivity index (χ1v) is 8.36. The molecule has 21 heavy (non-hydrogen) atoms. The molecule has 112 valence electrons. The van der Waals surface area contributed by atoms with Gasteiger partial charge in [0.1, 0.15) is 10.7 Å². The molecule has 0 aliphatic carbocycles. The molecule has 8 heteroatoms. The molecule has 0 aliphatic rings. The number of hydrogen-bond acceptors (Lipinski definition) is 3. The number of halogens is 3. The second-order valence-electron chi connectivity index (χ2n) is 4.15. The zero-order valence-electron chi connectivity index (χ0n) is 10.5. The van der Waals surface area contributed by atoms with Gasteiger partial charge in [0, 0.05) is 9.50 Å². The van der Waals surface area contributed by atoms with Gasteiger partial charge in [0.05, 0.1) is 12.3 Å². The second kappa shape index (κ2) is 6.31. The van der Waals surface area contributed by atoms with E-state index >= 15 is 0 Å². The molecular weight excluding hydrogens is 385 g/mol. The summed E-state index contributed by atoms with van der Waals surface area (Å²) in [5.74, 6) is -0.730. The normalized spacial score (nSPS) is 11.4. The van der Waals surface area contributed by atoms with Gasteiger partial charge in [0.25, 0.3) is 10.0 Å². The van der Waals surface area contributed by atoms with Crippen LogP contribution in [0.5, 0.6) is 0 Å². The van der Waals surface area contributed by atoms with Crippen molar-refractivity contribution in [1.29, 1.82) is 0 Å². The van der Waals surface area contributed by atoms with Crippen molar-refractivity contribution < 1.29 is 17.9 Å². The predicted octanol–water partition coefficient (Wildman–Crippen LogP) is 3.53. The molecule has 2 aromatic rings. The van der Waals surface area contributed by atoms with Gasteiger partial charge in [-0.15, -0.1) is 0 Å². The largest absolute Gasteiger partial charge is 0.392 e. The van der Waals surface area contributed by atoms with Crippen molar-refractivity contribution in [1.82, 2.24) is 0 Å². The van der Waals surface area contributed by atoms with Crippen LogP contribution in [0.2, 0.25) is 5.02 Å². The zero-order valence-corrected chi connectivity index (χ0v) is 13.6. The topological polar surface area (TPSA) is 66.4 Å². The first kappa shape index (κ1) is 16.2. The number of rotatable bonds is 4. The first-order valence-electron chi connectivity index (χ1n) is 5.70.